The van der Waals surface area contributed by atoms with E-state index in [1.165, 1.54) is 0 Å². The largest absolute Gasteiger partial charge is 0.270 e. The van der Waals surface area contributed by atoms with Gasteiger partial charge in [-0.15, -0.1) is 0 Å². The topological polar surface area (TPSA) is 64.0 Å². The lowest BCUT2D eigenvalue weighted by Crippen LogP contribution is -2.26. The van der Waals surface area contributed by atoms with Crippen molar-refractivity contribution in [2.45, 2.75) is 26.8 Å². The third-order valence-corrected chi connectivity index (χ3v) is 4.86. The van der Waals surface area contributed by atoms with Crippen LogP contribution in [0.25, 0.3) is 0 Å². The Hall–Kier alpha value is -0.400. The summed E-state index contributed by atoms with van der Waals surface area (Å²) >= 11 is 2.91. The van der Waals surface area contributed by atoms with Crippen LogP contribution in [0.15, 0.2) is 6.07 Å². The minimum Gasteiger partial charge on any atom is -0.270 e. The number of halogens is 1. The maximum absolute atomic E-state index is 11.1. The van der Waals surface area contributed by atoms with E-state index < -0.39 is 10.0 Å². The van der Waals surface area contributed by atoms with Crippen LogP contribution < -0.4 is 4.72 Å². The van der Waals surface area contributed by atoms with E-state index in [1.54, 1.807) is 0 Å². The second-order valence-corrected chi connectivity index (χ2v) is 6.73. The van der Waals surface area contributed by atoms with Crippen molar-refractivity contribution in [3.05, 3.63) is 17.5 Å². The summed E-state index contributed by atoms with van der Waals surface area (Å²) in [4.78, 5) is 0. The first-order valence-corrected chi connectivity index (χ1v) is 7.76. The van der Waals surface area contributed by atoms with Gasteiger partial charge in [-0.3, -0.25) is 4.68 Å². The van der Waals surface area contributed by atoms with E-state index in [1.807, 2.05) is 24.6 Å². The third-order valence-electron chi connectivity index (χ3n) is 2.12. The van der Waals surface area contributed by atoms with Crippen molar-refractivity contribution < 1.29 is 8.42 Å². The first kappa shape index (κ1) is 13.7. The van der Waals surface area contributed by atoms with Gasteiger partial charge in [0.1, 0.15) is 4.66 Å². The van der Waals surface area contributed by atoms with Gasteiger partial charge in [0.25, 0.3) is 0 Å². The van der Waals surface area contributed by atoms with Crippen LogP contribution in [-0.2, 0) is 16.6 Å². The number of aromatic nitrogens is 2. The van der Waals surface area contributed by atoms with Crippen LogP contribution in [0.5, 0.6) is 0 Å². The Morgan fingerprint density at radius 2 is 2.19 bits per heavy atom. The molecule has 0 aromatic carbocycles. The van der Waals surface area contributed by atoms with Crippen LogP contribution in [0.4, 0.5) is 0 Å². The van der Waals surface area contributed by atoms with Crippen LogP contribution in [0.2, 0.25) is 0 Å². The molecule has 1 heterocycles. The zero-order valence-corrected chi connectivity index (χ0v) is 11.8. The summed E-state index contributed by atoms with van der Waals surface area (Å²) in [7, 11) is -3.14. The highest BCUT2D eigenvalue weighted by molar-refractivity contribution is 9.10. The molecule has 1 aromatic heterocycles. The molecule has 1 aromatic rings. The molecule has 1 N–H and O–H groups in total. The lowest BCUT2D eigenvalue weighted by atomic mass is 10.4. The second-order valence-electron chi connectivity index (χ2n) is 3.62. The average Bonchev–Trinajstić information content (AvgIpc) is 2.52. The predicted molar refractivity (Wildman–Crippen MR) is 67.0 cm³/mol. The predicted octanol–water partition coefficient (Wildman–Crippen LogP) is 1.16. The molecule has 0 aliphatic carbocycles. The smallest absolute Gasteiger partial charge is 0.221 e. The fraction of sp³-hybridized carbons (Fsp3) is 0.667. The van der Waals surface area contributed by atoms with E-state index in [9.17, 15) is 8.42 Å². The maximum Gasteiger partial charge on any atom is 0.221 e. The first-order valence-electron chi connectivity index (χ1n) is 4.99. The molecule has 7 heteroatoms. The van der Waals surface area contributed by atoms with Gasteiger partial charge in [-0.1, -0.05) is 15.9 Å². The first-order chi connectivity index (χ1) is 7.44. The monoisotopic (exact) mass is 309 g/mol. The van der Waals surface area contributed by atoms with Gasteiger partial charge >= 0.3 is 0 Å². The Bertz CT molecular complexity index is 442. The molecule has 0 aliphatic rings. The Balaban J connectivity index is 2.34. The molecule has 0 fully saturated rings. The molecule has 0 atom stereocenters. The SMILES string of the molecule is Cc1cc(C)n(CCCNS(=O)(=O)CBr)n1. The minimum atomic E-state index is -3.14. The van der Waals surface area contributed by atoms with Crippen molar-refractivity contribution in [3.8, 4) is 0 Å². The number of rotatable bonds is 6. The van der Waals surface area contributed by atoms with Crippen LogP contribution in [0.1, 0.15) is 17.8 Å². The van der Waals surface area contributed by atoms with Crippen molar-refractivity contribution in [1.82, 2.24) is 14.5 Å². The molecule has 1 rings (SSSR count). The van der Waals surface area contributed by atoms with Gasteiger partial charge in [-0.25, -0.2) is 13.1 Å². The molecule has 0 bridgehead atoms. The Morgan fingerprint density at radius 3 is 2.69 bits per heavy atom. The van der Waals surface area contributed by atoms with Crippen LogP contribution >= 0.6 is 15.9 Å². The summed E-state index contributed by atoms with van der Waals surface area (Å²) in [5.41, 5.74) is 2.08. The Labute approximate surface area is 104 Å². The highest BCUT2D eigenvalue weighted by atomic mass is 79.9. The van der Waals surface area contributed by atoms with E-state index in [0.29, 0.717) is 6.54 Å². The summed E-state index contributed by atoms with van der Waals surface area (Å²) in [5.74, 6) is 0. The number of nitrogens with one attached hydrogen (secondary N) is 1. The lowest BCUT2D eigenvalue weighted by molar-refractivity contribution is 0.546. The number of sulfonamides is 1. The van der Waals surface area contributed by atoms with Crippen LogP contribution in [0, 0.1) is 13.8 Å². The summed E-state index contributed by atoms with van der Waals surface area (Å²) in [6.45, 7) is 5.09. The van der Waals surface area contributed by atoms with E-state index >= 15 is 0 Å². The number of nitrogens with zero attached hydrogens (tertiary/aromatic N) is 2. The highest BCUT2D eigenvalue weighted by Gasteiger charge is 2.06. The van der Waals surface area contributed by atoms with Gasteiger partial charge in [0.2, 0.25) is 10.0 Å². The van der Waals surface area contributed by atoms with Gasteiger partial charge in [0, 0.05) is 18.8 Å². The van der Waals surface area contributed by atoms with Crippen molar-refractivity contribution in [1.29, 1.82) is 0 Å². The van der Waals surface area contributed by atoms with Crippen LogP contribution in [0.3, 0.4) is 0 Å². The molecule has 0 saturated heterocycles. The molecular weight excluding hydrogens is 294 g/mol. The quantitative estimate of drug-likeness (QED) is 0.633. The molecule has 5 nitrogen and oxygen atoms in total. The second kappa shape index (κ2) is 5.79. The standard InChI is InChI=1S/C9H16BrN3O2S/c1-8-6-9(2)13(12-8)5-3-4-11-16(14,15)7-10/h6,11H,3-5,7H2,1-2H3. The molecule has 92 valence electrons. The van der Waals surface area contributed by atoms with Crippen LogP contribution in [-0.4, -0.2) is 29.4 Å². The lowest BCUT2D eigenvalue weighted by Gasteiger charge is -2.05. The van der Waals surface area contributed by atoms with E-state index in [0.717, 1.165) is 24.4 Å². The maximum atomic E-state index is 11.1. The van der Waals surface area contributed by atoms with E-state index in [2.05, 4.69) is 25.8 Å². The number of alkyl halides is 1. The van der Waals surface area contributed by atoms with E-state index in [-0.39, 0.29) is 4.66 Å². The zero-order chi connectivity index (χ0) is 12.2. The zero-order valence-electron chi connectivity index (χ0n) is 9.40. The van der Waals surface area contributed by atoms with E-state index in [4.69, 9.17) is 0 Å². The molecule has 0 radical (unpaired) electrons. The summed E-state index contributed by atoms with van der Waals surface area (Å²) in [6, 6.07) is 2.00. The fourth-order valence-corrected chi connectivity index (χ4v) is 2.41. The number of hydrogen-bond acceptors (Lipinski definition) is 3. The average molecular weight is 310 g/mol. The molecule has 16 heavy (non-hydrogen) atoms. The molecular formula is C9H16BrN3O2S. The third kappa shape index (κ3) is 4.23. The summed E-state index contributed by atoms with van der Waals surface area (Å²) in [5, 5.41) is 4.29. The molecule has 0 amide bonds. The molecule has 0 spiro atoms. The molecule has 0 unspecified atom stereocenters. The summed E-state index contributed by atoms with van der Waals surface area (Å²) in [6.07, 6.45) is 0.730. The molecule has 0 saturated carbocycles. The van der Waals surface area contributed by atoms with Gasteiger partial charge in [-0.2, -0.15) is 5.10 Å². The van der Waals surface area contributed by atoms with Gasteiger partial charge in [0.05, 0.1) is 5.69 Å². The van der Waals surface area contributed by atoms with Crippen molar-refractivity contribution in [2.24, 2.45) is 0 Å². The normalized spacial score (nSPS) is 11.9. The van der Waals surface area contributed by atoms with Crippen molar-refractivity contribution in [2.75, 3.05) is 11.2 Å². The number of aryl methyl sites for hydroxylation is 3. The highest BCUT2D eigenvalue weighted by Crippen LogP contribution is 2.02. The molecule has 0 aliphatic heterocycles. The van der Waals surface area contributed by atoms with Crippen molar-refractivity contribution >= 4 is 26.0 Å². The summed E-state index contributed by atoms with van der Waals surface area (Å²) < 4.78 is 26.5. The van der Waals surface area contributed by atoms with Crippen molar-refractivity contribution in [3.63, 3.8) is 0 Å². The van der Waals surface area contributed by atoms with Gasteiger partial charge in [0.15, 0.2) is 0 Å². The fourth-order valence-electron chi connectivity index (χ4n) is 1.40. The van der Waals surface area contributed by atoms with Gasteiger partial charge in [-0.05, 0) is 26.3 Å². The Kier molecular flexibility index (Phi) is 4.94. The Morgan fingerprint density at radius 1 is 1.50 bits per heavy atom. The number of hydrogen-bond donors (Lipinski definition) is 1. The van der Waals surface area contributed by atoms with Gasteiger partial charge < -0.3 is 0 Å². The minimum absolute atomic E-state index is 0.0556.